The van der Waals surface area contributed by atoms with Crippen LogP contribution in [-0.2, 0) is 17.6 Å². The standard InChI is InChI=1S/C20H19ClN4O2S/c1-12(18(26)24-23-10-13-5-4-6-14(21)9-13)25-11-22-19-17(20(25)27)15-7-2-3-8-16(15)28-19/h4-6,9-12H,2-3,7-8H2,1H3,(H,24,26)/t12-/m0/s1. The fourth-order valence-corrected chi connectivity index (χ4v) is 4.83. The SMILES string of the molecule is C[C@@H](C(=O)NN=Cc1cccc(Cl)c1)n1cnc2sc3c(c2c1=O)CCCC3. The molecular weight excluding hydrogens is 396 g/mol. The van der Waals surface area contributed by atoms with Gasteiger partial charge in [-0.15, -0.1) is 11.3 Å². The van der Waals surface area contributed by atoms with Gasteiger partial charge in [-0.25, -0.2) is 10.4 Å². The maximum atomic E-state index is 13.0. The van der Waals surface area contributed by atoms with Crippen LogP contribution in [0.5, 0.6) is 0 Å². The third kappa shape index (κ3) is 3.59. The van der Waals surface area contributed by atoms with Crippen LogP contribution < -0.4 is 11.0 Å². The van der Waals surface area contributed by atoms with E-state index in [-0.39, 0.29) is 11.5 Å². The van der Waals surface area contributed by atoms with Crippen LogP contribution in [0.3, 0.4) is 0 Å². The number of hydrogen-bond donors (Lipinski definition) is 1. The summed E-state index contributed by atoms with van der Waals surface area (Å²) < 4.78 is 1.38. The molecule has 6 nitrogen and oxygen atoms in total. The molecule has 28 heavy (non-hydrogen) atoms. The lowest BCUT2D eigenvalue weighted by atomic mass is 9.97. The predicted molar refractivity (Wildman–Crippen MR) is 112 cm³/mol. The average molecular weight is 415 g/mol. The number of aromatic nitrogens is 2. The molecule has 0 fully saturated rings. The van der Waals surface area contributed by atoms with E-state index in [0.717, 1.165) is 41.6 Å². The highest BCUT2D eigenvalue weighted by molar-refractivity contribution is 7.18. The molecule has 8 heteroatoms. The van der Waals surface area contributed by atoms with E-state index < -0.39 is 6.04 Å². The topological polar surface area (TPSA) is 76.3 Å². The van der Waals surface area contributed by atoms with Crippen molar-refractivity contribution in [2.45, 2.75) is 38.6 Å². The first-order valence-electron chi connectivity index (χ1n) is 9.14. The Morgan fingerprint density at radius 1 is 1.39 bits per heavy atom. The first-order valence-corrected chi connectivity index (χ1v) is 10.3. The highest BCUT2D eigenvalue weighted by Gasteiger charge is 2.23. The molecule has 4 rings (SSSR count). The molecule has 1 amide bonds. The van der Waals surface area contributed by atoms with Crippen molar-refractivity contribution in [2.24, 2.45) is 5.10 Å². The van der Waals surface area contributed by atoms with E-state index in [2.05, 4.69) is 15.5 Å². The molecule has 0 aliphatic heterocycles. The van der Waals surface area contributed by atoms with Crippen molar-refractivity contribution >= 4 is 45.3 Å². The van der Waals surface area contributed by atoms with Crippen molar-refractivity contribution < 1.29 is 4.79 Å². The van der Waals surface area contributed by atoms with Gasteiger partial charge < -0.3 is 0 Å². The van der Waals surface area contributed by atoms with Crippen molar-refractivity contribution in [3.05, 3.63) is 62.0 Å². The molecule has 3 aromatic rings. The Kier molecular flexibility index (Phi) is 5.28. The lowest BCUT2D eigenvalue weighted by molar-refractivity contribution is -0.123. The van der Waals surface area contributed by atoms with E-state index in [1.807, 2.05) is 6.07 Å². The van der Waals surface area contributed by atoms with Gasteiger partial charge in [-0.05, 0) is 55.9 Å². The van der Waals surface area contributed by atoms with E-state index >= 15 is 0 Å². The van der Waals surface area contributed by atoms with E-state index in [0.29, 0.717) is 10.4 Å². The normalized spacial score (nSPS) is 14.9. The summed E-state index contributed by atoms with van der Waals surface area (Å²) in [6.07, 6.45) is 7.11. The van der Waals surface area contributed by atoms with Gasteiger partial charge in [0, 0.05) is 9.90 Å². The van der Waals surface area contributed by atoms with Crippen molar-refractivity contribution in [1.29, 1.82) is 0 Å². The van der Waals surface area contributed by atoms with Gasteiger partial charge >= 0.3 is 0 Å². The second-order valence-corrected chi connectivity index (χ2v) is 8.33. The summed E-state index contributed by atoms with van der Waals surface area (Å²) in [6.45, 7) is 1.66. The van der Waals surface area contributed by atoms with Gasteiger partial charge in [0.1, 0.15) is 10.9 Å². The predicted octanol–water partition coefficient (Wildman–Crippen LogP) is 3.70. The van der Waals surface area contributed by atoms with Gasteiger partial charge in [-0.2, -0.15) is 5.10 Å². The Morgan fingerprint density at radius 3 is 3.04 bits per heavy atom. The number of nitrogens with one attached hydrogen (secondary N) is 1. The molecule has 2 aromatic heterocycles. The zero-order valence-electron chi connectivity index (χ0n) is 15.3. The number of carbonyl (C=O) groups excluding carboxylic acids is 1. The quantitative estimate of drug-likeness (QED) is 0.522. The molecule has 0 radical (unpaired) electrons. The largest absolute Gasteiger partial charge is 0.286 e. The minimum atomic E-state index is -0.722. The van der Waals surface area contributed by atoms with E-state index in [1.54, 1.807) is 36.5 Å². The lowest BCUT2D eigenvalue weighted by Crippen LogP contribution is -2.34. The molecule has 1 aromatic carbocycles. The summed E-state index contributed by atoms with van der Waals surface area (Å²) in [5.74, 6) is -0.384. The second kappa shape index (κ2) is 7.85. The van der Waals surface area contributed by atoms with Crippen LogP contribution in [0, 0.1) is 0 Å². The summed E-state index contributed by atoms with van der Waals surface area (Å²) in [5, 5.41) is 5.23. The molecule has 1 atom stereocenters. The second-order valence-electron chi connectivity index (χ2n) is 6.81. The van der Waals surface area contributed by atoms with Crippen LogP contribution in [0.4, 0.5) is 0 Å². The number of hydrazone groups is 1. The molecule has 0 spiro atoms. The van der Waals surface area contributed by atoms with Gasteiger partial charge in [-0.3, -0.25) is 14.2 Å². The number of fused-ring (bicyclic) bond motifs is 3. The number of carbonyl (C=O) groups is 1. The zero-order valence-corrected chi connectivity index (χ0v) is 16.9. The third-order valence-electron chi connectivity index (χ3n) is 4.93. The molecule has 1 aliphatic carbocycles. The average Bonchev–Trinajstić information content (AvgIpc) is 3.07. The molecule has 0 saturated carbocycles. The molecule has 144 valence electrons. The van der Waals surface area contributed by atoms with Gasteiger partial charge in [0.15, 0.2) is 0 Å². The Hall–Kier alpha value is -2.51. The third-order valence-corrected chi connectivity index (χ3v) is 6.37. The Bertz CT molecular complexity index is 1130. The van der Waals surface area contributed by atoms with Crippen LogP contribution in [0.2, 0.25) is 5.02 Å². The maximum Gasteiger partial charge on any atom is 0.263 e. The number of benzene rings is 1. The van der Waals surface area contributed by atoms with Crippen molar-refractivity contribution in [2.75, 3.05) is 0 Å². The van der Waals surface area contributed by atoms with Gasteiger partial charge in [0.05, 0.1) is 17.9 Å². The fraction of sp³-hybridized carbons (Fsp3) is 0.300. The molecule has 0 unspecified atom stereocenters. The number of thiophene rings is 1. The Morgan fingerprint density at radius 2 is 2.21 bits per heavy atom. The minimum Gasteiger partial charge on any atom is -0.286 e. The number of amides is 1. The van der Waals surface area contributed by atoms with Crippen molar-refractivity contribution in [1.82, 2.24) is 15.0 Å². The van der Waals surface area contributed by atoms with E-state index in [4.69, 9.17) is 11.6 Å². The van der Waals surface area contributed by atoms with Crippen LogP contribution in [0.25, 0.3) is 10.2 Å². The highest BCUT2D eigenvalue weighted by Crippen LogP contribution is 2.33. The van der Waals surface area contributed by atoms with Crippen LogP contribution in [0.15, 0.2) is 40.5 Å². The summed E-state index contributed by atoms with van der Waals surface area (Å²) in [5.41, 5.74) is 4.21. The van der Waals surface area contributed by atoms with Crippen molar-refractivity contribution in [3.63, 3.8) is 0 Å². The summed E-state index contributed by atoms with van der Waals surface area (Å²) in [7, 11) is 0. The molecule has 1 N–H and O–H groups in total. The number of rotatable bonds is 4. The van der Waals surface area contributed by atoms with Crippen molar-refractivity contribution in [3.8, 4) is 0 Å². The Balaban J connectivity index is 1.56. The molecule has 0 saturated heterocycles. The maximum absolute atomic E-state index is 13.0. The molecular formula is C20H19ClN4O2S. The Labute approximate surface area is 170 Å². The summed E-state index contributed by atoms with van der Waals surface area (Å²) in [6, 6.07) is 6.41. The number of aryl methyl sites for hydroxylation is 2. The summed E-state index contributed by atoms with van der Waals surface area (Å²) >= 11 is 7.53. The molecule has 0 bridgehead atoms. The minimum absolute atomic E-state index is 0.161. The summed E-state index contributed by atoms with van der Waals surface area (Å²) in [4.78, 5) is 32.0. The first-order chi connectivity index (χ1) is 13.5. The number of halogens is 1. The molecule has 1 aliphatic rings. The van der Waals surface area contributed by atoms with Gasteiger partial charge in [0.2, 0.25) is 0 Å². The number of hydrogen-bond acceptors (Lipinski definition) is 5. The van der Waals surface area contributed by atoms with Crippen LogP contribution in [-0.4, -0.2) is 21.7 Å². The monoisotopic (exact) mass is 414 g/mol. The van der Waals surface area contributed by atoms with Gasteiger partial charge in [0.25, 0.3) is 11.5 Å². The highest BCUT2D eigenvalue weighted by atomic mass is 35.5. The van der Waals surface area contributed by atoms with Crippen LogP contribution >= 0.6 is 22.9 Å². The van der Waals surface area contributed by atoms with Gasteiger partial charge in [-0.1, -0.05) is 23.7 Å². The fourth-order valence-electron chi connectivity index (χ4n) is 3.41. The molecule has 2 heterocycles. The van der Waals surface area contributed by atoms with Crippen LogP contribution in [0.1, 0.15) is 41.8 Å². The first kappa shape index (κ1) is 18.8. The van der Waals surface area contributed by atoms with E-state index in [1.165, 1.54) is 22.0 Å². The van der Waals surface area contributed by atoms with E-state index in [9.17, 15) is 9.59 Å². The number of nitrogens with zero attached hydrogens (tertiary/aromatic N) is 3. The lowest BCUT2D eigenvalue weighted by Gasteiger charge is -2.14. The smallest absolute Gasteiger partial charge is 0.263 e. The zero-order chi connectivity index (χ0) is 19.7.